The third-order valence-electron chi connectivity index (χ3n) is 20.3. The lowest BCUT2D eigenvalue weighted by Gasteiger charge is -2.57. The van der Waals surface area contributed by atoms with Crippen LogP contribution in [0.5, 0.6) is 46.0 Å². The molecule has 464 valence electrons. The summed E-state index contributed by atoms with van der Waals surface area (Å²) in [6.45, 7) is 29.0. The standard InChI is InChI=1S/C24H27NO.C21H27NO.C19H23NO.C17H19NO/c1-15-3-5-20-22(7-15)26-23-11-19(4-6-21(23)25(20)2)24-12-16-8-17(13-24)10-18(9-16)14-24;1-20(2,3)14-8-10-16-18(12-14)23-19-13-15(21(4,5)6)9-11-17(19)22(16)7;1-5-12-19(2,3)14-10-11-16-18(13-14)21-17-9-7-6-8-15(17)20(16)4;1-17(2,3)12-9-10-14-16(11-12)19-15-8-6-5-7-13(15)18(14)4/h3-7,11,16-18H,8-10,12-14H2,1-2H3;8-13H,1-7H3;6-11,13H,5,12H2,1-4H3;5-11H,1-4H3. The third kappa shape index (κ3) is 12.1. The maximum atomic E-state index is 6.39. The van der Waals surface area contributed by atoms with Crippen LogP contribution in [-0.4, -0.2) is 28.2 Å². The summed E-state index contributed by atoms with van der Waals surface area (Å²) in [5, 5.41) is 0. The average molecular weight is 1190 g/mol. The van der Waals surface area contributed by atoms with Gasteiger partial charge in [-0.2, -0.15) is 0 Å². The summed E-state index contributed by atoms with van der Waals surface area (Å²) in [5.74, 6) is 10.6. The van der Waals surface area contributed by atoms with Gasteiger partial charge >= 0.3 is 0 Å². The zero-order chi connectivity index (χ0) is 63.1. The van der Waals surface area contributed by atoms with E-state index in [4.69, 9.17) is 18.9 Å². The molecule has 89 heavy (non-hydrogen) atoms. The molecule has 4 heterocycles. The van der Waals surface area contributed by atoms with E-state index in [0.29, 0.717) is 5.41 Å². The number of para-hydroxylation sites is 4. The lowest BCUT2D eigenvalue weighted by atomic mass is 9.48. The van der Waals surface area contributed by atoms with Crippen molar-refractivity contribution >= 4 is 45.5 Å². The van der Waals surface area contributed by atoms with Crippen molar-refractivity contribution in [1.29, 1.82) is 0 Å². The van der Waals surface area contributed by atoms with Crippen LogP contribution in [0.3, 0.4) is 0 Å². The molecule has 0 N–H and O–H groups in total. The van der Waals surface area contributed by atoms with E-state index < -0.39 is 0 Å². The lowest BCUT2D eigenvalue weighted by Crippen LogP contribution is -2.48. The molecule has 8 heteroatoms. The highest BCUT2D eigenvalue weighted by Gasteiger charge is 2.52. The molecule has 4 aliphatic carbocycles. The molecule has 0 aromatic heterocycles. The van der Waals surface area contributed by atoms with Gasteiger partial charge in [-0.05, 0) is 227 Å². The summed E-state index contributed by atoms with van der Waals surface area (Å²) in [6, 6.07) is 56.1. The van der Waals surface area contributed by atoms with Crippen molar-refractivity contribution in [2.45, 2.75) is 168 Å². The SMILES string of the molecule is CCCC(C)(C)c1ccc2c(c1)Oc1ccccc1N2C.CN1c2ccc(C(C)(C)C)cc2Oc2cc(C(C)(C)C)ccc21.CN1c2ccccc2Oc2cc(C(C)(C)C)ccc21.Cc1ccc2c(c1)Oc1cc(C34CC5CC(CC(C5)C3)C4)ccc1N2C. The minimum atomic E-state index is 0.116. The van der Waals surface area contributed by atoms with Gasteiger partial charge in [0.1, 0.15) is 0 Å². The zero-order valence-corrected chi connectivity index (χ0v) is 56.3. The Bertz CT molecular complexity index is 3850. The van der Waals surface area contributed by atoms with Gasteiger partial charge in [0.25, 0.3) is 0 Å². The van der Waals surface area contributed by atoms with E-state index in [9.17, 15) is 0 Å². The minimum absolute atomic E-state index is 0.116. The molecule has 0 radical (unpaired) electrons. The minimum Gasteiger partial charge on any atom is -0.453 e. The number of nitrogens with zero attached hydrogens (tertiary/aromatic N) is 4. The van der Waals surface area contributed by atoms with Gasteiger partial charge < -0.3 is 38.5 Å². The largest absolute Gasteiger partial charge is 0.453 e. The Morgan fingerprint density at radius 1 is 0.360 bits per heavy atom. The second kappa shape index (κ2) is 23.2. The molecular weight excluding hydrogens is 1090 g/mol. The van der Waals surface area contributed by atoms with E-state index >= 15 is 0 Å². The molecule has 8 aliphatic rings. The molecule has 0 unspecified atom stereocenters. The highest BCUT2D eigenvalue weighted by Crippen LogP contribution is 2.62. The van der Waals surface area contributed by atoms with E-state index in [2.05, 4.69) is 259 Å². The van der Waals surface area contributed by atoms with Crippen LogP contribution in [0.1, 0.15) is 168 Å². The van der Waals surface area contributed by atoms with E-state index in [0.717, 1.165) is 104 Å². The van der Waals surface area contributed by atoms with Gasteiger partial charge in [0.05, 0.1) is 45.5 Å². The first-order valence-corrected chi connectivity index (χ1v) is 32.8. The normalized spacial score (nSPS) is 19.5. The summed E-state index contributed by atoms with van der Waals surface area (Å²) in [4.78, 5) is 8.87. The molecule has 4 aliphatic heterocycles. The maximum Gasteiger partial charge on any atom is 0.151 e. The van der Waals surface area contributed by atoms with Crippen molar-refractivity contribution in [2.24, 2.45) is 17.8 Å². The molecular formula is C81H96N4O4. The molecule has 8 nitrogen and oxygen atoms in total. The molecule has 4 bridgehead atoms. The van der Waals surface area contributed by atoms with E-state index in [-0.39, 0.29) is 21.7 Å². The van der Waals surface area contributed by atoms with Gasteiger partial charge in [-0.1, -0.05) is 150 Å². The smallest absolute Gasteiger partial charge is 0.151 e. The predicted molar refractivity (Wildman–Crippen MR) is 373 cm³/mol. The molecule has 0 amide bonds. The molecule has 0 spiro atoms. The van der Waals surface area contributed by atoms with E-state index in [1.807, 2.05) is 36.4 Å². The quantitative estimate of drug-likeness (QED) is 0.173. The van der Waals surface area contributed by atoms with Crippen molar-refractivity contribution < 1.29 is 18.9 Å². The number of ether oxygens (including phenoxy) is 4. The van der Waals surface area contributed by atoms with Crippen molar-refractivity contribution in [3.8, 4) is 46.0 Å². The Morgan fingerprint density at radius 3 is 1.04 bits per heavy atom. The van der Waals surface area contributed by atoms with Crippen LogP contribution in [0.15, 0.2) is 158 Å². The monoisotopic (exact) mass is 1190 g/mol. The van der Waals surface area contributed by atoms with Gasteiger partial charge in [0, 0.05) is 28.2 Å². The number of benzene rings is 8. The number of hydrogen-bond acceptors (Lipinski definition) is 8. The zero-order valence-electron chi connectivity index (χ0n) is 56.3. The topological polar surface area (TPSA) is 49.9 Å². The molecule has 8 aromatic carbocycles. The van der Waals surface area contributed by atoms with Crippen LogP contribution >= 0.6 is 0 Å². The van der Waals surface area contributed by atoms with Crippen molar-refractivity contribution in [3.63, 3.8) is 0 Å². The highest BCUT2D eigenvalue weighted by molar-refractivity contribution is 5.81. The van der Waals surface area contributed by atoms with Gasteiger partial charge in [0.15, 0.2) is 46.0 Å². The Hall–Kier alpha value is -7.84. The summed E-state index contributed by atoms with van der Waals surface area (Å²) in [5.41, 5.74) is 18.0. The van der Waals surface area contributed by atoms with Gasteiger partial charge in [0.2, 0.25) is 0 Å². The molecule has 16 rings (SSSR count). The Morgan fingerprint density at radius 2 is 0.663 bits per heavy atom. The van der Waals surface area contributed by atoms with Gasteiger partial charge in [-0.3, -0.25) is 0 Å². The lowest BCUT2D eigenvalue weighted by molar-refractivity contribution is -0.00525. The first-order valence-electron chi connectivity index (χ1n) is 32.8. The third-order valence-corrected chi connectivity index (χ3v) is 20.3. The van der Waals surface area contributed by atoms with Gasteiger partial charge in [-0.25, -0.2) is 0 Å². The second-order valence-electron chi connectivity index (χ2n) is 30.5. The second-order valence-corrected chi connectivity index (χ2v) is 30.5. The fraction of sp³-hybridized carbons (Fsp3) is 0.407. The summed E-state index contributed by atoms with van der Waals surface area (Å²) in [6.07, 6.45) is 11.1. The molecule has 8 aromatic rings. The Kier molecular flexibility index (Phi) is 16.0. The molecule has 0 atom stereocenters. The molecule has 4 fully saturated rings. The molecule has 0 saturated heterocycles. The van der Waals surface area contributed by atoms with Crippen LogP contribution in [-0.2, 0) is 27.1 Å². The van der Waals surface area contributed by atoms with E-state index in [1.165, 1.54) is 84.9 Å². The van der Waals surface area contributed by atoms with Crippen LogP contribution < -0.4 is 38.5 Å². The Balaban J connectivity index is 0.000000116. The number of aryl methyl sites for hydroxylation is 1. The summed E-state index contributed by atoms with van der Waals surface area (Å²) >= 11 is 0. The van der Waals surface area contributed by atoms with Crippen LogP contribution in [0.2, 0.25) is 0 Å². The predicted octanol–water partition coefficient (Wildman–Crippen LogP) is 23.0. The first kappa shape index (κ1) is 61.4. The van der Waals surface area contributed by atoms with Crippen molar-refractivity contribution in [3.05, 3.63) is 191 Å². The fourth-order valence-electron chi connectivity index (χ4n) is 15.4. The Labute approximate surface area is 532 Å². The number of hydrogen-bond donors (Lipinski definition) is 0. The van der Waals surface area contributed by atoms with Crippen LogP contribution in [0, 0.1) is 24.7 Å². The summed E-state index contributed by atoms with van der Waals surface area (Å²) < 4.78 is 24.8. The average Bonchev–Trinajstić information content (AvgIpc) is 0.756. The number of anilines is 8. The van der Waals surface area contributed by atoms with Crippen LogP contribution in [0.4, 0.5) is 45.5 Å². The number of fused-ring (bicyclic) bond motifs is 8. The molecule has 4 saturated carbocycles. The fourth-order valence-corrected chi connectivity index (χ4v) is 15.4. The highest BCUT2D eigenvalue weighted by atomic mass is 16.5. The van der Waals surface area contributed by atoms with Crippen LogP contribution in [0.25, 0.3) is 0 Å². The van der Waals surface area contributed by atoms with Gasteiger partial charge in [-0.15, -0.1) is 0 Å². The van der Waals surface area contributed by atoms with E-state index in [1.54, 1.807) is 5.56 Å². The number of rotatable bonds is 4. The van der Waals surface area contributed by atoms with Crippen molar-refractivity contribution in [2.75, 3.05) is 47.8 Å². The van der Waals surface area contributed by atoms with Crippen molar-refractivity contribution in [1.82, 2.24) is 0 Å². The maximum absolute atomic E-state index is 6.39. The first-order chi connectivity index (χ1) is 42.2. The summed E-state index contributed by atoms with van der Waals surface area (Å²) in [7, 11) is 8.43.